The molecule has 0 aromatic carbocycles. The highest BCUT2D eigenvalue weighted by Gasteiger charge is 2.12. The predicted octanol–water partition coefficient (Wildman–Crippen LogP) is 1.69. The summed E-state index contributed by atoms with van der Waals surface area (Å²) in [5.41, 5.74) is 0. The van der Waals surface area contributed by atoms with Crippen LogP contribution in [-0.4, -0.2) is 26.0 Å². The molecule has 1 fully saturated rings. The quantitative estimate of drug-likeness (QED) is 0.469. The molecular weight excluding hydrogens is 158 g/mol. The second-order valence-corrected chi connectivity index (χ2v) is 2.87. The van der Waals surface area contributed by atoms with Gasteiger partial charge in [0.2, 0.25) is 0 Å². The Morgan fingerprint density at radius 3 is 3.08 bits per heavy atom. The molecule has 0 amide bonds. The van der Waals surface area contributed by atoms with Crippen molar-refractivity contribution in [2.75, 3.05) is 19.8 Å². The number of hydrogen-bond acceptors (Lipinski definition) is 4. The molecule has 0 aromatic rings. The molecule has 1 saturated heterocycles. The number of rotatable bonds is 5. The van der Waals surface area contributed by atoms with Crippen LogP contribution in [0.25, 0.3) is 0 Å². The van der Waals surface area contributed by atoms with E-state index in [1.165, 1.54) is 6.42 Å². The van der Waals surface area contributed by atoms with Crippen molar-refractivity contribution in [2.24, 2.45) is 5.18 Å². The molecule has 0 spiro atoms. The molecule has 70 valence electrons. The average molecular weight is 173 g/mol. The fourth-order valence-electron chi connectivity index (χ4n) is 1.19. The van der Waals surface area contributed by atoms with Gasteiger partial charge in [-0.05, 0) is 25.7 Å². The van der Waals surface area contributed by atoms with E-state index in [0.29, 0.717) is 19.6 Å². The summed E-state index contributed by atoms with van der Waals surface area (Å²) in [5.74, 6) is 0. The number of nitroso groups, excluding NO2 is 1. The number of nitrogens with zero attached hydrogens (tertiary/aromatic N) is 1. The van der Waals surface area contributed by atoms with E-state index in [4.69, 9.17) is 9.47 Å². The second kappa shape index (κ2) is 6.08. The van der Waals surface area contributed by atoms with E-state index in [0.717, 1.165) is 19.4 Å². The van der Waals surface area contributed by atoms with Gasteiger partial charge in [-0.25, -0.2) is 0 Å². The van der Waals surface area contributed by atoms with Crippen molar-refractivity contribution in [2.45, 2.75) is 32.0 Å². The largest absolute Gasteiger partial charge is 0.353 e. The van der Waals surface area contributed by atoms with Crippen molar-refractivity contribution in [3.8, 4) is 0 Å². The Morgan fingerprint density at radius 2 is 2.42 bits per heavy atom. The van der Waals surface area contributed by atoms with E-state index in [9.17, 15) is 4.91 Å². The third-order valence-electron chi connectivity index (χ3n) is 1.84. The van der Waals surface area contributed by atoms with Crippen LogP contribution < -0.4 is 0 Å². The average Bonchev–Trinajstić information content (AvgIpc) is 2.14. The maximum Gasteiger partial charge on any atom is 0.157 e. The molecule has 0 radical (unpaired) electrons. The molecule has 0 bridgehead atoms. The molecular formula is C8H15NO3. The minimum absolute atomic E-state index is 0.0367. The smallest absolute Gasteiger partial charge is 0.157 e. The molecule has 0 saturated carbocycles. The normalized spacial score (nSPS) is 23.8. The first-order valence-corrected chi connectivity index (χ1v) is 4.46. The van der Waals surface area contributed by atoms with Gasteiger partial charge in [-0.15, -0.1) is 0 Å². The fourth-order valence-corrected chi connectivity index (χ4v) is 1.19. The fraction of sp³-hybridized carbons (Fsp3) is 1.00. The van der Waals surface area contributed by atoms with Crippen molar-refractivity contribution in [3.63, 3.8) is 0 Å². The molecule has 1 unspecified atom stereocenters. The van der Waals surface area contributed by atoms with Crippen LogP contribution in [0.5, 0.6) is 0 Å². The Kier molecular flexibility index (Phi) is 4.87. The van der Waals surface area contributed by atoms with Crippen LogP contribution in [0.15, 0.2) is 5.18 Å². The first kappa shape index (κ1) is 9.61. The molecule has 4 nitrogen and oxygen atoms in total. The van der Waals surface area contributed by atoms with Gasteiger partial charge in [0.05, 0.1) is 13.2 Å². The van der Waals surface area contributed by atoms with Gasteiger partial charge < -0.3 is 9.47 Å². The van der Waals surface area contributed by atoms with Crippen LogP contribution in [0.4, 0.5) is 0 Å². The Balaban J connectivity index is 1.94. The van der Waals surface area contributed by atoms with E-state index in [1.54, 1.807) is 0 Å². The minimum atomic E-state index is -0.0367. The number of hydrogen-bond donors (Lipinski definition) is 0. The Morgan fingerprint density at radius 1 is 1.50 bits per heavy atom. The van der Waals surface area contributed by atoms with Gasteiger partial charge in [0, 0.05) is 6.61 Å². The van der Waals surface area contributed by atoms with Gasteiger partial charge in [0.1, 0.15) is 0 Å². The van der Waals surface area contributed by atoms with Gasteiger partial charge in [-0.3, -0.25) is 0 Å². The zero-order valence-electron chi connectivity index (χ0n) is 7.20. The molecule has 1 aliphatic heterocycles. The molecule has 1 heterocycles. The highest BCUT2D eigenvalue weighted by Crippen LogP contribution is 2.13. The zero-order chi connectivity index (χ0) is 8.65. The summed E-state index contributed by atoms with van der Waals surface area (Å²) in [6, 6.07) is 0. The van der Waals surface area contributed by atoms with Crippen molar-refractivity contribution in [1.82, 2.24) is 0 Å². The first-order valence-electron chi connectivity index (χ1n) is 4.46. The molecule has 0 aromatic heterocycles. The monoisotopic (exact) mass is 173 g/mol. The van der Waals surface area contributed by atoms with Gasteiger partial charge in [0.25, 0.3) is 0 Å². The zero-order valence-corrected chi connectivity index (χ0v) is 7.20. The molecule has 4 heteroatoms. The first-order chi connectivity index (χ1) is 5.93. The molecule has 1 rings (SSSR count). The second-order valence-electron chi connectivity index (χ2n) is 2.87. The van der Waals surface area contributed by atoms with Gasteiger partial charge in [-0.1, -0.05) is 5.18 Å². The summed E-state index contributed by atoms with van der Waals surface area (Å²) in [6.45, 7) is 1.72. The van der Waals surface area contributed by atoms with Crippen LogP contribution in [0.1, 0.15) is 25.7 Å². The van der Waals surface area contributed by atoms with Gasteiger partial charge in [-0.2, -0.15) is 4.91 Å². The lowest BCUT2D eigenvalue weighted by Gasteiger charge is -2.22. The third-order valence-corrected chi connectivity index (χ3v) is 1.84. The highest BCUT2D eigenvalue weighted by molar-refractivity contribution is 4.54. The SMILES string of the molecule is O=NCCCOC1CCCCO1. The van der Waals surface area contributed by atoms with Crippen LogP contribution in [-0.2, 0) is 9.47 Å². The minimum Gasteiger partial charge on any atom is -0.353 e. The van der Waals surface area contributed by atoms with Crippen molar-refractivity contribution < 1.29 is 9.47 Å². The third kappa shape index (κ3) is 3.78. The summed E-state index contributed by atoms with van der Waals surface area (Å²) in [4.78, 5) is 9.72. The van der Waals surface area contributed by atoms with Crippen molar-refractivity contribution in [1.29, 1.82) is 0 Å². The van der Waals surface area contributed by atoms with E-state index < -0.39 is 0 Å². The van der Waals surface area contributed by atoms with Crippen LogP contribution in [0.2, 0.25) is 0 Å². The van der Waals surface area contributed by atoms with Crippen molar-refractivity contribution >= 4 is 0 Å². The van der Waals surface area contributed by atoms with E-state index in [2.05, 4.69) is 5.18 Å². The van der Waals surface area contributed by atoms with Crippen LogP contribution in [0.3, 0.4) is 0 Å². The lowest BCUT2D eigenvalue weighted by atomic mass is 10.2. The Hall–Kier alpha value is -0.480. The van der Waals surface area contributed by atoms with Crippen LogP contribution >= 0.6 is 0 Å². The molecule has 0 aliphatic carbocycles. The maximum absolute atomic E-state index is 9.72. The van der Waals surface area contributed by atoms with Crippen molar-refractivity contribution in [3.05, 3.63) is 4.91 Å². The lowest BCUT2D eigenvalue weighted by molar-refractivity contribution is -0.162. The number of ether oxygens (including phenoxy) is 2. The maximum atomic E-state index is 9.72. The van der Waals surface area contributed by atoms with E-state index >= 15 is 0 Å². The Labute approximate surface area is 72.2 Å². The summed E-state index contributed by atoms with van der Waals surface area (Å²) >= 11 is 0. The lowest BCUT2D eigenvalue weighted by Crippen LogP contribution is -2.22. The molecule has 12 heavy (non-hydrogen) atoms. The van der Waals surface area contributed by atoms with E-state index in [1.807, 2.05) is 0 Å². The van der Waals surface area contributed by atoms with E-state index in [-0.39, 0.29) is 6.29 Å². The summed E-state index contributed by atoms with van der Waals surface area (Å²) in [7, 11) is 0. The summed E-state index contributed by atoms with van der Waals surface area (Å²) < 4.78 is 10.7. The van der Waals surface area contributed by atoms with Gasteiger partial charge >= 0.3 is 0 Å². The van der Waals surface area contributed by atoms with Gasteiger partial charge in [0.15, 0.2) is 6.29 Å². The topological polar surface area (TPSA) is 47.9 Å². The standard InChI is InChI=1S/C8H15NO3/c10-9-5-3-7-12-8-4-1-2-6-11-8/h8H,1-7H2. The molecule has 1 aliphatic rings. The van der Waals surface area contributed by atoms with Crippen LogP contribution in [0, 0.1) is 4.91 Å². The highest BCUT2D eigenvalue weighted by atomic mass is 16.7. The molecule has 0 N–H and O–H groups in total. The molecule has 1 atom stereocenters. The summed E-state index contributed by atoms with van der Waals surface area (Å²) in [5, 5.41) is 2.75. The Bertz CT molecular complexity index is 123. The predicted molar refractivity (Wildman–Crippen MR) is 44.8 cm³/mol. The summed E-state index contributed by atoms with van der Waals surface area (Å²) in [6.07, 6.45) is 3.95.